The van der Waals surface area contributed by atoms with Crippen LogP contribution in [0.3, 0.4) is 0 Å². The van der Waals surface area contributed by atoms with Gasteiger partial charge in [0.15, 0.2) is 5.69 Å². The molecular weight excluding hydrogens is 493 g/mol. The molecule has 8 heteroatoms. The third kappa shape index (κ3) is 5.32. The molecule has 1 saturated carbocycles. The molecule has 1 aromatic heterocycles. The summed E-state index contributed by atoms with van der Waals surface area (Å²) >= 11 is 0. The van der Waals surface area contributed by atoms with E-state index in [0.717, 1.165) is 31.7 Å². The smallest absolute Gasteiger partial charge is 0.278 e. The van der Waals surface area contributed by atoms with Crippen molar-refractivity contribution in [2.45, 2.75) is 26.8 Å². The Labute approximate surface area is 230 Å². The summed E-state index contributed by atoms with van der Waals surface area (Å²) in [5.41, 5.74) is 5.19. The number of anilines is 2. The summed E-state index contributed by atoms with van der Waals surface area (Å²) in [7, 11) is 1.84. The number of nitrogens with zero attached hydrogens (tertiary/aromatic N) is 5. The van der Waals surface area contributed by atoms with Crippen molar-refractivity contribution in [3.63, 3.8) is 0 Å². The molecule has 39 heavy (non-hydrogen) atoms. The second-order valence-corrected chi connectivity index (χ2v) is 11.3. The molecule has 2 aliphatic heterocycles. The normalized spacial score (nSPS) is 22.7. The molecule has 2 atom stereocenters. The van der Waals surface area contributed by atoms with Crippen molar-refractivity contribution in [2.24, 2.45) is 24.8 Å². The van der Waals surface area contributed by atoms with E-state index in [1.165, 1.54) is 17.2 Å². The summed E-state index contributed by atoms with van der Waals surface area (Å²) in [6, 6.07) is 15.9. The minimum Gasteiger partial charge on any atom is -0.378 e. The van der Waals surface area contributed by atoms with Gasteiger partial charge in [0.05, 0.1) is 18.9 Å². The van der Waals surface area contributed by atoms with Crippen LogP contribution in [0.5, 0.6) is 0 Å². The van der Waals surface area contributed by atoms with Crippen molar-refractivity contribution >= 4 is 17.3 Å². The molecule has 2 unspecified atom stereocenters. The largest absolute Gasteiger partial charge is 0.378 e. The molecule has 0 spiro atoms. The number of aromatic nitrogens is 2. The van der Waals surface area contributed by atoms with Gasteiger partial charge in [0.1, 0.15) is 5.82 Å². The molecule has 206 valence electrons. The highest BCUT2D eigenvalue weighted by molar-refractivity contribution is 6.05. The number of amides is 1. The fourth-order valence-electron chi connectivity index (χ4n) is 6.32. The van der Waals surface area contributed by atoms with Crippen molar-refractivity contribution in [2.75, 3.05) is 55.7 Å². The molecule has 2 saturated heterocycles. The zero-order chi connectivity index (χ0) is 27.1. The van der Waals surface area contributed by atoms with Crippen molar-refractivity contribution < 1.29 is 13.9 Å². The van der Waals surface area contributed by atoms with Crippen molar-refractivity contribution in [1.82, 2.24) is 14.7 Å². The van der Waals surface area contributed by atoms with Gasteiger partial charge in [-0.05, 0) is 66.5 Å². The number of likely N-dealkylation sites (tertiary alicyclic amines) is 1. The van der Waals surface area contributed by atoms with Crippen molar-refractivity contribution in [3.8, 4) is 0 Å². The van der Waals surface area contributed by atoms with Crippen LogP contribution in [0.1, 0.15) is 34.2 Å². The first-order valence-electron chi connectivity index (χ1n) is 14.2. The van der Waals surface area contributed by atoms with Crippen LogP contribution in [0.2, 0.25) is 0 Å². The van der Waals surface area contributed by atoms with Gasteiger partial charge in [-0.1, -0.05) is 31.2 Å². The molecule has 6 rings (SSSR count). The molecule has 7 nitrogen and oxygen atoms in total. The van der Waals surface area contributed by atoms with E-state index < -0.39 is 0 Å². The van der Waals surface area contributed by atoms with Gasteiger partial charge in [-0.2, -0.15) is 5.10 Å². The lowest BCUT2D eigenvalue weighted by Gasteiger charge is -2.30. The summed E-state index contributed by atoms with van der Waals surface area (Å²) < 4.78 is 22.5. The van der Waals surface area contributed by atoms with Crippen LogP contribution in [0, 0.1) is 30.5 Å². The quantitative estimate of drug-likeness (QED) is 0.434. The van der Waals surface area contributed by atoms with Gasteiger partial charge in [0.25, 0.3) is 5.91 Å². The SMILES string of the molecule is CCc1ccc(CN2CC3C(C2)C3CN(C(=O)c2cc(C)n(C)n2)c2ccc(N3CCOCC3)c(F)c2)cc1. The van der Waals surface area contributed by atoms with Crippen LogP contribution < -0.4 is 9.80 Å². The monoisotopic (exact) mass is 531 g/mol. The molecule has 3 aliphatic rings. The van der Waals surface area contributed by atoms with Gasteiger partial charge in [0.2, 0.25) is 0 Å². The Hall–Kier alpha value is -3.23. The maximum atomic E-state index is 15.4. The number of rotatable bonds is 8. The number of benzene rings is 2. The summed E-state index contributed by atoms with van der Waals surface area (Å²) in [5.74, 6) is 1.08. The summed E-state index contributed by atoms with van der Waals surface area (Å²) in [6.07, 6.45) is 1.06. The number of morpholine rings is 1. The number of halogens is 1. The van der Waals surface area contributed by atoms with E-state index >= 15 is 4.39 Å². The Bertz CT molecular complexity index is 1300. The summed E-state index contributed by atoms with van der Waals surface area (Å²) in [4.78, 5) is 20.0. The number of fused-ring (bicyclic) bond motifs is 1. The van der Waals surface area contributed by atoms with E-state index in [1.807, 2.05) is 31.0 Å². The molecule has 3 fully saturated rings. The van der Waals surface area contributed by atoms with E-state index in [4.69, 9.17) is 4.74 Å². The topological polar surface area (TPSA) is 53.8 Å². The minimum atomic E-state index is -0.305. The van der Waals surface area contributed by atoms with Crippen LogP contribution in [0.15, 0.2) is 48.5 Å². The maximum absolute atomic E-state index is 15.4. The molecule has 0 bridgehead atoms. The molecule has 1 aliphatic carbocycles. The zero-order valence-electron chi connectivity index (χ0n) is 23.1. The fourth-order valence-corrected chi connectivity index (χ4v) is 6.32. The Morgan fingerprint density at radius 3 is 2.36 bits per heavy atom. The van der Waals surface area contributed by atoms with Crippen LogP contribution >= 0.6 is 0 Å². The second-order valence-electron chi connectivity index (χ2n) is 11.3. The maximum Gasteiger partial charge on any atom is 0.278 e. The van der Waals surface area contributed by atoms with E-state index in [1.54, 1.807) is 15.6 Å². The number of piperidine rings is 1. The molecule has 3 heterocycles. The first-order chi connectivity index (χ1) is 18.9. The van der Waals surface area contributed by atoms with Gasteiger partial charge in [-0.25, -0.2) is 4.39 Å². The summed E-state index contributed by atoms with van der Waals surface area (Å²) in [6.45, 7) is 10.3. The first kappa shape index (κ1) is 26.0. The Kier molecular flexibility index (Phi) is 7.16. The van der Waals surface area contributed by atoms with Gasteiger partial charge in [-0.3, -0.25) is 14.4 Å². The average molecular weight is 532 g/mol. The Balaban J connectivity index is 1.17. The third-order valence-corrected chi connectivity index (χ3v) is 8.85. The first-order valence-corrected chi connectivity index (χ1v) is 14.2. The lowest BCUT2D eigenvalue weighted by molar-refractivity contribution is 0.0978. The van der Waals surface area contributed by atoms with Crippen LogP contribution in [-0.4, -0.2) is 66.5 Å². The highest BCUT2D eigenvalue weighted by atomic mass is 19.1. The number of hydrogen-bond donors (Lipinski definition) is 0. The van der Waals surface area contributed by atoms with Crippen molar-refractivity contribution in [1.29, 1.82) is 0 Å². The van der Waals surface area contributed by atoms with Crippen LogP contribution in [0.25, 0.3) is 0 Å². The highest BCUT2D eigenvalue weighted by Gasteiger charge is 2.56. The van der Waals surface area contributed by atoms with E-state index in [0.29, 0.717) is 67.7 Å². The molecule has 3 aromatic rings. The van der Waals surface area contributed by atoms with E-state index in [9.17, 15) is 4.79 Å². The molecular formula is C31H38FN5O2. The van der Waals surface area contributed by atoms with Crippen LogP contribution in [-0.2, 0) is 24.8 Å². The number of ether oxygens (including phenoxy) is 1. The third-order valence-electron chi connectivity index (χ3n) is 8.85. The van der Waals surface area contributed by atoms with Crippen molar-refractivity contribution in [3.05, 3.63) is 76.9 Å². The summed E-state index contributed by atoms with van der Waals surface area (Å²) in [5, 5.41) is 4.44. The van der Waals surface area contributed by atoms with Gasteiger partial charge < -0.3 is 14.5 Å². The average Bonchev–Trinajstić information content (AvgIpc) is 3.22. The van der Waals surface area contributed by atoms with E-state index in [2.05, 4.69) is 41.2 Å². The van der Waals surface area contributed by atoms with Gasteiger partial charge in [-0.15, -0.1) is 0 Å². The molecule has 0 radical (unpaired) electrons. The lowest BCUT2D eigenvalue weighted by atomic mass is 10.1. The molecule has 0 N–H and O–H groups in total. The fraction of sp³-hybridized carbons (Fsp3) is 0.484. The zero-order valence-corrected chi connectivity index (χ0v) is 23.1. The molecule has 2 aromatic carbocycles. The highest BCUT2D eigenvalue weighted by Crippen LogP contribution is 2.52. The number of carbonyl (C=O) groups is 1. The molecule has 1 amide bonds. The van der Waals surface area contributed by atoms with Gasteiger partial charge >= 0.3 is 0 Å². The standard InChI is InChI=1S/C31H38FN5O2/c1-4-22-5-7-23(8-6-22)17-35-18-25-26(19-35)27(25)20-37(31(38)29-15-21(2)34(3)33-29)24-9-10-30(28(32)16-24)36-11-13-39-14-12-36/h5-10,15-16,25-27H,4,11-14,17-20H2,1-3H3. The Morgan fingerprint density at radius 2 is 1.74 bits per heavy atom. The second kappa shape index (κ2) is 10.7. The number of carbonyl (C=O) groups excluding carboxylic acids is 1. The predicted octanol–water partition coefficient (Wildman–Crippen LogP) is 4.29. The lowest BCUT2D eigenvalue weighted by Crippen LogP contribution is -2.37. The number of aryl methyl sites for hydroxylation is 3. The van der Waals surface area contributed by atoms with Crippen LogP contribution in [0.4, 0.5) is 15.8 Å². The van der Waals surface area contributed by atoms with Gasteiger partial charge in [0, 0.05) is 57.7 Å². The number of hydrogen-bond acceptors (Lipinski definition) is 5. The predicted molar refractivity (Wildman–Crippen MR) is 151 cm³/mol. The van der Waals surface area contributed by atoms with E-state index in [-0.39, 0.29) is 11.7 Å². The minimum absolute atomic E-state index is 0.171. The Morgan fingerprint density at radius 1 is 1.05 bits per heavy atom.